The summed E-state index contributed by atoms with van der Waals surface area (Å²) in [6.45, 7) is 0. The van der Waals surface area contributed by atoms with Crippen LogP contribution < -0.4 is 0 Å². The predicted molar refractivity (Wildman–Crippen MR) is 68.3 cm³/mol. The molecule has 0 radical (unpaired) electrons. The Morgan fingerprint density at radius 2 is 1.79 bits per heavy atom. The molecule has 0 aliphatic carbocycles. The van der Waals surface area contributed by atoms with Crippen molar-refractivity contribution >= 4 is 10.9 Å². The first-order valence-electron chi connectivity index (χ1n) is 5.56. The molecular formula is C14H7N5. The molecule has 2 heterocycles. The first kappa shape index (κ1) is 10.9. The van der Waals surface area contributed by atoms with Gasteiger partial charge in [-0.3, -0.25) is 4.57 Å². The molecule has 1 aromatic carbocycles. The van der Waals surface area contributed by atoms with Gasteiger partial charge in [0.25, 0.3) is 0 Å². The van der Waals surface area contributed by atoms with Crippen LogP contribution in [0.4, 0.5) is 0 Å². The number of rotatable bonds is 1. The van der Waals surface area contributed by atoms with E-state index in [1.54, 1.807) is 47.3 Å². The fraction of sp³-hybridized carbons (Fsp3) is 0. The van der Waals surface area contributed by atoms with Crippen molar-refractivity contribution in [1.29, 1.82) is 10.5 Å². The SMILES string of the molecule is N#Cc1ccc2c(c1)cc(C#N)n2-c1ncccn1. The standard InChI is InChI=1S/C14H7N5/c15-8-10-2-3-13-11(6-10)7-12(9-16)19(13)14-17-4-1-5-18-14/h1-7H. The molecule has 0 saturated carbocycles. The molecule has 88 valence electrons. The summed E-state index contributed by atoms with van der Waals surface area (Å²) in [7, 11) is 0. The Morgan fingerprint density at radius 3 is 2.47 bits per heavy atom. The van der Waals surface area contributed by atoms with Crippen LogP contribution in [0, 0.1) is 22.7 Å². The summed E-state index contributed by atoms with van der Waals surface area (Å²) < 4.78 is 1.68. The van der Waals surface area contributed by atoms with Crippen molar-refractivity contribution in [1.82, 2.24) is 14.5 Å². The zero-order valence-corrected chi connectivity index (χ0v) is 9.78. The third-order valence-electron chi connectivity index (χ3n) is 2.80. The van der Waals surface area contributed by atoms with Gasteiger partial charge in [-0.05, 0) is 30.3 Å². The molecule has 0 amide bonds. The molecule has 2 aromatic heterocycles. The monoisotopic (exact) mass is 245 g/mol. The van der Waals surface area contributed by atoms with Gasteiger partial charge in [-0.1, -0.05) is 0 Å². The van der Waals surface area contributed by atoms with E-state index in [4.69, 9.17) is 5.26 Å². The highest BCUT2D eigenvalue weighted by Gasteiger charge is 2.12. The highest BCUT2D eigenvalue weighted by Crippen LogP contribution is 2.23. The zero-order valence-electron chi connectivity index (χ0n) is 9.78. The molecular weight excluding hydrogens is 238 g/mol. The maximum absolute atomic E-state index is 9.22. The lowest BCUT2D eigenvalue weighted by molar-refractivity contribution is 0.948. The Labute approximate surface area is 109 Å². The summed E-state index contributed by atoms with van der Waals surface area (Å²) in [6.07, 6.45) is 3.25. The first-order chi connectivity index (χ1) is 9.33. The van der Waals surface area contributed by atoms with Crippen LogP contribution in [-0.4, -0.2) is 14.5 Å². The Balaban J connectivity index is 2.36. The van der Waals surface area contributed by atoms with Crippen LogP contribution >= 0.6 is 0 Å². The molecule has 0 spiro atoms. The van der Waals surface area contributed by atoms with Gasteiger partial charge in [0.05, 0.1) is 17.1 Å². The van der Waals surface area contributed by atoms with Crippen LogP contribution in [0.1, 0.15) is 11.3 Å². The van der Waals surface area contributed by atoms with E-state index in [0.29, 0.717) is 17.2 Å². The van der Waals surface area contributed by atoms with Crippen molar-refractivity contribution in [3.63, 3.8) is 0 Å². The van der Waals surface area contributed by atoms with E-state index in [1.165, 1.54) is 0 Å². The highest BCUT2D eigenvalue weighted by atomic mass is 15.1. The number of nitrogens with zero attached hydrogens (tertiary/aromatic N) is 5. The minimum Gasteiger partial charge on any atom is -0.269 e. The average Bonchev–Trinajstić information content (AvgIpc) is 2.85. The van der Waals surface area contributed by atoms with Gasteiger partial charge in [0.2, 0.25) is 5.95 Å². The van der Waals surface area contributed by atoms with Crippen molar-refractivity contribution in [2.24, 2.45) is 0 Å². The van der Waals surface area contributed by atoms with Crippen LogP contribution in [0.25, 0.3) is 16.9 Å². The molecule has 5 nitrogen and oxygen atoms in total. The smallest absolute Gasteiger partial charge is 0.235 e. The number of benzene rings is 1. The number of fused-ring (bicyclic) bond motifs is 1. The van der Waals surface area contributed by atoms with Gasteiger partial charge in [-0.25, -0.2) is 9.97 Å². The molecule has 5 heteroatoms. The Hall–Kier alpha value is -3.18. The predicted octanol–water partition coefficient (Wildman–Crippen LogP) is 2.16. The fourth-order valence-corrected chi connectivity index (χ4v) is 1.99. The van der Waals surface area contributed by atoms with Gasteiger partial charge in [0.15, 0.2) is 0 Å². The summed E-state index contributed by atoms with van der Waals surface area (Å²) in [6, 6.07) is 12.9. The van der Waals surface area contributed by atoms with Crippen LogP contribution in [0.5, 0.6) is 0 Å². The van der Waals surface area contributed by atoms with Gasteiger partial charge in [-0.15, -0.1) is 0 Å². The summed E-state index contributed by atoms with van der Waals surface area (Å²) in [5.41, 5.74) is 1.81. The summed E-state index contributed by atoms with van der Waals surface area (Å²) >= 11 is 0. The largest absolute Gasteiger partial charge is 0.269 e. The summed E-state index contributed by atoms with van der Waals surface area (Å²) in [5.74, 6) is 0.443. The molecule has 0 unspecified atom stereocenters. The van der Waals surface area contributed by atoms with Crippen molar-refractivity contribution in [3.8, 4) is 18.1 Å². The van der Waals surface area contributed by atoms with E-state index in [9.17, 15) is 5.26 Å². The van der Waals surface area contributed by atoms with Crippen LogP contribution in [0.3, 0.4) is 0 Å². The molecule has 0 N–H and O–H groups in total. The zero-order chi connectivity index (χ0) is 13.2. The molecule has 3 aromatic rings. The van der Waals surface area contributed by atoms with E-state index < -0.39 is 0 Å². The van der Waals surface area contributed by atoms with Gasteiger partial charge in [0, 0.05) is 17.8 Å². The molecule has 3 rings (SSSR count). The van der Waals surface area contributed by atoms with E-state index in [0.717, 1.165) is 10.9 Å². The third-order valence-corrected chi connectivity index (χ3v) is 2.80. The van der Waals surface area contributed by atoms with Gasteiger partial charge in [0.1, 0.15) is 11.8 Å². The number of nitriles is 2. The maximum Gasteiger partial charge on any atom is 0.235 e. The van der Waals surface area contributed by atoms with E-state index in [-0.39, 0.29) is 0 Å². The van der Waals surface area contributed by atoms with Gasteiger partial charge >= 0.3 is 0 Å². The molecule has 0 bridgehead atoms. The van der Waals surface area contributed by atoms with Crippen LogP contribution in [0.2, 0.25) is 0 Å². The second-order valence-electron chi connectivity index (χ2n) is 3.91. The first-order valence-corrected chi connectivity index (χ1v) is 5.56. The lowest BCUT2D eigenvalue weighted by atomic mass is 10.2. The lowest BCUT2D eigenvalue weighted by Crippen LogP contribution is -2.01. The Morgan fingerprint density at radius 1 is 1.00 bits per heavy atom. The van der Waals surface area contributed by atoms with Gasteiger partial charge in [-0.2, -0.15) is 10.5 Å². The van der Waals surface area contributed by atoms with E-state index >= 15 is 0 Å². The Bertz CT molecular complexity index is 834. The second-order valence-corrected chi connectivity index (χ2v) is 3.91. The van der Waals surface area contributed by atoms with Gasteiger partial charge < -0.3 is 0 Å². The minimum atomic E-state index is 0.441. The topological polar surface area (TPSA) is 78.3 Å². The summed E-state index contributed by atoms with van der Waals surface area (Å²) in [5, 5.41) is 18.9. The average molecular weight is 245 g/mol. The Kier molecular flexibility index (Phi) is 2.45. The third kappa shape index (κ3) is 1.70. The van der Waals surface area contributed by atoms with Crippen molar-refractivity contribution in [2.75, 3.05) is 0 Å². The molecule has 0 saturated heterocycles. The van der Waals surface area contributed by atoms with Crippen molar-refractivity contribution in [3.05, 3.63) is 54.0 Å². The number of hydrogen-bond donors (Lipinski definition) is 0. The van der Waals surface area contributed by atoms with E-state index in [2.05, 4.69) is 22.1 Å². The molecule has 0 atom stereocenters. The van der Waals surface area contributed by atoms with E-state index in [1.807, 2.05) is 0 Å². The normalized spacial score (nSPS) is 10.0. The van der Waals surface area contributed by atoms with Crippen LogP contribution in [-0.2, 0) is 0 Å². The molecule has 0 aliphatic rings. The van der Waals surface area contributed by atoms with Crippen molar-refractivity contribution < 1.29 is 0 Å². The number of hydrogen-bond acceptors (Lipinski definition) is 4. The second kappa shape index (κ2) is 4.25. The number of aromatic nitrogens is 3. The lowest BCUT2D eigenvalue weighted by Gasteiger charge is -2.03. The molecule has 0 fully saturated rings. The highest BCUT2D eigenvalue weighted by molar-refractivity contribution is 5.85. The fourth-order valence-electron chi connectivity index (χ4n) is 1.99. The van der Waals surface area contributed by atoms with Crippen LogP contribution in [0.15, 0.2) is 42.7 Å². The molecule has 0 aliphatic heterocycles. The quantitative estimate of drug-likeness (QED) is 0.658. The minimum absolute atomic E-state index is 0.441. The van der Waals surface area contributed by atoms with Crippen molar-refractivity contribution in [2.45, 2.75) is 0 Å². The molecule has 19 heavy (non-hydrogen) atoms. The maximum atomic E-state index is 9.22. The summed E-state index contributed by atoms with van der Waals surface area (Å²) in [4.78, 5) is 8.32.